The highest BCUT2D eigenvalue weighted by atomic mass is 16.6. The van der Waals surface area contributed by atoms with Crippen LogP contribution in [0.3, 0.4) is 0 Å². The summed E-state index contributed by atoms with van der Waals surface area (Å²) < 4.78 is 17.3. The number of nitriles is 1. The second kappa shape index (κ2) is 18.9. The monoisotopic (exact) mass is 700 g/mol. The number of carbonyl (C=O) groups is 4. The molecule has 50 heavy (non-hydrogen) atoms. The fourth-order valence-electron chi connectivity index (χ4n) is 6.56. The number of rotatable bonds is 20. The fraction of sp³-hybridized carbons (Fsp3) is 0.769. The number of aliphatic hydroxyl groups excluding tert-OH is 1. The summed E-state index contributed by atoms with van der Waals surface area (Å²) >= 11 is 0. The van der Waals surface area contributed by atoms with E-state index in [0.717, 1.165) is 6.42 Å². The van der Waals surface area contributed by atoms with Gasteiger partial charge in [-0.15, -0.1) is 0 Å². The lowest BCUT2D eigenvalue weighted by Gasteiger charge is -2.50. The molecule has 0 aromatic rings. The van der Waals surface area contributed by atoms with Crippen LogP contribution in [0.5, 0.6) is 0 Å². The summed E-state index contributed by atoms with van der Waals surface area (Å²) in [4.78, 5) is 50.1. The number of hydrogen-bond acceptors (Lipinski definition) is 9. The minimum absolute atomic E-state index is 0.0256. The lowest BCUT2D eigenvalue weighted by atomic mass is 9.56. The first-order valence-electron chi connectivity index (χ1n) is 18.1. The van der Waals surface area contributed by atoms with Gasteiger partial charge in [-0.2, -0.15) is 5.26 Å². The van der Waals surface area contributed by atoms with Crippen molar-refractivity contribution in [3.05, 3.63) is 24.5 Å². The molecule has 1 rings (SSSR count). The zero-order valence-corrected chi connectivity index (χ0v) is 32.9. The van der Waals surface area contributed by atoms with Gasteiger partial charge in [0.05, 0.1) is 37.7 Å². The van der Waals surface area contributed by atoms with Crippen LogP contribution < -0.4 is 5.32 Å². The van der Waals surface area contributed by atoms with Gasteiger partial charge in [-0.3, -0.25) is 9.59 Å². The van der Waals surface area contributed by atoms with Crippen molar-refractivity contribution in [3.8, 4) is 6.07 Å². The first kappa shape index (κ1) is 44.9. The van der Waals surface area contributed by atoms with Crippen LogP contribution >= 0.6 is 0 Å². The van der Waals surface area contributed by atoms with Gasteiger partial charge in [0.25, 0.3) is 0 Å². The number of ether oxygens (including phenoxy) is 3. The number of nitrogens with one attached hydrogen (secondary N) is 1. The molecule has 0 saturated carbocycles. The van der Waals surface area contributed by atoms with E-state index in [1.807, 2.05) is 21.7 Å². The molecule has 0 aliphatic carbocycles. The molecule has 1 saturated heterocycles. The van der Waals surface area contributed by atoms with Crippen LogP contribution in [0.15, 0.2) is 24.5 Å². The molecule has 1 amide bonds. The Balaban J connectivity index is 3.35. The SMILES string of the molecule is BC(C)(CC)C(CC(C)C(C)C(COC(=O)C(=C)O)CC(C)(C)C(C)(C)C(CC(C)(C)C)OCCC#N)C(=O)OC(=O)/C=C/C1CCC(=O)N1. The number of hydrogen-bond donors (Lipinski definition) is 2. The van der Waals surface area contributed by atoms with Gasteiger partial charge in [0.15, 0.2) is 5.76 Å². The van der Waals surface area contributed by atoms with Crippen molar-refractivity contribution in [1.82, 2.24) is 5.32 Å². The van der Waals surface area contributed by atoms with Crippen LogP contribution in [-0.4, -0.2) is 62.1 Å². The summed E-state index contributed by atoms with van der Waals surface area (Å²) in [5, 5.41) is 21.1. The molecule has 0 aromatic carbocycles. The molecule has 2 N–H and O–H groups in total. The average Bonchev–Trinajstić information content (AvgIpc) is 3.43. The van der Waals surface area contributed by atoms with E-state index in [0.29, 0.717) is 45.1 Å². The Labute approximate surface area is 302 Å². The van der Waals surface area contributed by atoms with Gasteiger partial charge < -0.3 is 24.6 Å². The minimum Gasteiger partial charge on any atom is -0.502 e. The Hall–Kier alpha value is -3.13. The minimum atomic E-state index is -0.880. The molecule has 11 heteroatoms. The number of carbonyl (C=O) groups excluding carboxylic acids is 4. The van der Waals surface area contributed by atoms with Crippen LogP contribution in [0.1, 0.15) is 121 Å². The van der Waals surface area contributed by atoms with Crippen molar-refractivity contribution in [2.24, 2.45) is 39.9 Å². The second-order valence-corrected chi connectivity index (χ2v) is 17.4. The normalized spacial score (nSPS) is 19.7. The van der Waals surface area contributed by atoms with E-state index >= 15 is 0 Å². The van der Waals surface area contributed by atoms with Crippen molar-refractivity contribution in [1.29, 1.82) is 5.26 Å². The molecule has 1 aliphatic rings. The highest BCUT2D eigenvalue weighted by molar-refractivity contribution is 6.17. The molecule has 0 spiro atoms. The lowest BCUT2D eigenvalue weighted by Crippen LogP contribution is -2.47. The number of amides is 1. The predicted molar refractivity (Wildman–Crippen MR) is 197 cm³/mol. The van der Waals surface area contributed by atoms with Gasteiger partial charge in [-0.05, 0) is 71.6 Å². The standard InChI is InChI=1S/C39H65BN2O8/c1-13-39(12,40)30(35(47)50-33(45)18-16-29-15-17-32(44)42-29)21-25(2)26(3)28(24-49-34(46)27(4)43)22-37(8,9)38(10,11)31(23-36(5,6)7)48-20-14-19-41/h16,18,25-26,28-31,43H,4,13-15,17,20-24,40H2,1-3,5-12H3,(H,42,44)/b18-16+. The molecule has 10 nitrogen and oxygen atoms in total. The number of nitrogens with zero attached hydrogens (tertiary/aromatic N) is 1. The van der Waals surface area contributed by atoms with Crippen molar-refractivity contribution in [2.45, 2.75) is 139 Å². The number of aliphatic hydroxyl groups is 1. The Morgan fingerprint density at radius 1 is 1.12 bits per heavy atom. The van der Waals surface area contributed by atoms with E-state index in [2.05, 4.69) is 80.3 Å². The van der Waals surface area contributed by atoms with Gasteiger partial charge in [-0.25, -0.2) is 9.59 Å². The zero-order chi connectivity index (χ0) is 38.7. The van der Waals surface area contributed by atoms with Crippen molar-refractivity contribution < 1.29 is 38.5 Å². The highest BCUT2D eigenvalue weighted by Crippen LogP contribution is 2.51. The molecule has 0 radical (unpaired) electrons. The third-order valence-electron chi connectivity index (χ3n) is 11.4. The summed E-state index contributed by atoms with van der Waals surface area (Å²) in [6.45, 7) is 27.1. The third-order valence-corrected chi connectivity index (χ3v) is 11.4. The second-order valence-electron chi connectivity index (χ2n) is 17.4. The summed E-state index contributed by atoms with van der Waals surface area (Å²) in [5.41, 5.74) is -0.745. The smallest absolute Gasteiger partial charge is 0.372 e. The van der Waals surface area contributed by atoms with E-state index in [-0.39, 0.29) is 58.7 Å². The molecule has 1 heterocycles. The van der Waals surface area contributed by atoms with E-state index in [1.54, 1.807) is 6.08 Å². The van der Waals surface area contributed by atoms with Gasteiger partial charge in [-0.1, -0.05) is 88.7 Å². The molecule has 1 aliphatic heterocycles. The van der Waals surface area contributed by atoms with Crippen molar-refractivity contribution in [2.75, 3.05) is 13.2 Å². The Bertz CT molecular complexity index is 1260. The van der Waals surface area contributed by atoms with E-state index < -0.39 is 34.9 Å². The third kappa shape index (κ3) is 13.9. The van der Waals surface area contributed by atoms with Gasteiger partial charge in [0, 0.05) is 18.5 Å². The molecule has 1 fully saturated rings. The first-order chi connectivity index (χ1) is 22.9. The summed E-state index contributed by atoms with van der Waals surface area (Å²) in [6.07, 6.45) is 6.40. The Morgan fingerprint density at radius 2 is 1.74 bits per heavy atom. The lowest BCUT2D eigenvalue weighted by molar-refractivity contribution is -0.161. The Morgan fingerprint density at radius 3 is 2.24 bits per heavy atom. The Kier molecular flexibility index (Phi) is 17.0. The maximum Gasteiger partial charge on any atom is 0.372 e. The zero-order valence-electron chi connectivity index (χ0n) is 32.9. The summed E-state index contributed by atoms with van der Waals surface area (Å²) in [5.74, 6) is -3.88. The maximum atomic E-state index is 13.6. The van der Waals surface area contributed by atoms with Crippen LogP contribution in [0.2, 0.25) is 5.31 Å². The molecular formula is C39H65BN2O8. The van der Waals surface area contributed by atoms with Gasteiger partial charge in [0.1, 0.15) is 7.85 Å². The largest absolute Gasteiger partial charge is 0.502 e. The van der Waals surface area contributed by atoms with Crippen LogP contribution in [0.25, 0.3) is 0 Å². The van der Waals surface area contributed by atoms with Crippen LogP contribution in [0, 0.1) is 51.2 Å². The molecule has 0 bridgehead atoms. The molecular weight excluding hydrogens is 635 g/mol. The van der Waals surface area contributed by atoms with Gasteiger partial charge in [0.2, 0.25) is 5.91 Å². The summed E-state index contributed by atoms with van der Waals surface area (Å²) in [6, 6.07) is 1.91. The van der Waals surface area contributed by atoms with Crippen molar-refractivity contribution >= 4 is 31.7 Å². The predicted octanol–water partition coefficient (Wildman–Crippen LogP) is 6.80. The quantitative estimate of drug-likeness (QED) is 0.0349. The van der Waals surface area contributed by atoms with Gasteiger partial charge >= 0.3 is 17.9 Å². The molecule has 7 atom stereocenters. The van der Waals surface area contributed by atoms with Crippen molar-refractivity contribution in [3.63, 3.8) is 0 Å². The fourth-order valence-corrected chi connectivity index (χ4v) is 6.56. The van der Waals surface area contributed by atoms with Crippen LogP contribution in [0.4, 0.5) is 0 Å². The maximum absolute atomic E-state index is 13.6. The molecule has 7 unspecified atom stereocenters. The highest BCUT2D eigenvalue weighted by Gasteiger charge is 2.47. The summed E-state index contributed by atoms with van der Waals surface area (Å²) in [7, 11) is 1.99. The number of esters is 3. The topological polar surface area (TPSA) is 152 Å². The first-order valence-corrected chi connectivity index (χ1v) is 18.1. The van der Waals surface area contributed by atoms with E-state index in [9.17, 15) is 29.5 Å². The molecule has 0 aromatic heterocycles. The van der Waals surface area contributed by atoms with E-state index in [4.69, 9.17) is 14.2 Å². The van der Waals surface area contributed by atoms with Crippen LogP contribution in [-0.2, 0) is 33.4 Å². The molecule has 282 valence electrons. The van der Waals surface area contributed by atoms with E-state index in [1.165, 1.54) is 6.08 Å². The average molecular weight is 701 g/mol.